The number of carboxylic acids is 1. The second-order valence-electron chi connectivity index (χ2n) is 5.18. The van der Waals surface area contributed by atoms with E-state index < -0.39 is 16.6 Å². The number of nitro groups is 1. The van der Waals surface area contributed by atoms with E-state index in [2.05, 4.69) is 5.32 Å². The zero-order valence-corrected chi connectivity index (χ0v) is 11.7. The molecule has 0 spiro atoms. The molecule has 2 rings (SSSR count). The van der Waals surface area contributed by atoms with Crippen LogP contribution in [0.3, 0.4) is 0 Å². The molecule has 2 N–H and O–H groups in total. The molecule has 1 heterocycles. The van der Waals surface area contributed by atoms with Gasteiger partial charge in [0, 0.05) is 31.0 Å². The lowest BCUT2D eigenvalue weighted by Gasteiger charge is -2.29. The van der Waals surface area contributed by atoms with E-state index in [9.17, 15) is 14.9 Å². The van der Waals surface area contributed by atoms with Gasteiger partial charge in [0.15, 0.2) is 0 Å². The predicted octanol–water partition coefficient (Wildman–Crippen LogP) is 2.52. The fourth-order valence-corrected chi connectivity index (χ4v) is 2.55. The van der Waals surface area contributed by atoms with Crippen LogP contribution < -0.4 is 5.32 Å². The van der Waals surface area contributed by atoms with Gasteiger partial charge in [-0.25, -0.2) is 4.79 Å². The summed E-state index contributed by atoms with van der Waals surface area (Å²) < 4.78 is 5.31. The maximum atomic E-state index is 11.0. The first kappa shape index (κ1) is 15.2. The maximum Gasteiger partial charge on any atom is 0.342 e. The molecule has 1 aromatic rings. The number of nitrogens with one attached hydrogen (secondary N) is 1. The van der Waals surface area contributed by atoms with Crippen molar-refractivity contribution in [3.63, 3.8) is 0 Å². The zero-order valence-electron chi connectivity index (χ0n) is 11.7. The number of benzene rings is 1. The third-order valence-corrected chi connectivity index (χ3v) is 3.79. The number of aromatic carboxylic acids is 1. The summed E-state index contributed by atoms with van der Waals surface area (Å²) in [4.78, 5) is 21.3. The summed E-state index contributed by atoms with van der Waals surface area (Å²) in [7, 11) is 0. The van der Waals surface area contributed by atoms with E-state index in [1.165, 1.54) is 12.1 Å². The van der Waals surface area contributed by atoms with Gasteiger partial charge in [0.2, 0.25) is 0 Å². The lowest BCUT2D eigenvalue weighted by atomic mass is 9.93. The van der Waals surface area contributed by atoms with Crippen LogP contribution in [0.25, 0.3) is 0 Å². The third kappa shape index (κ3) is 3.69. The van der Waals surface area contributed by atoms with Gasteiger partial charge in [-0.15, -0.1) is 0 Å². The SMILES string of the molecule is CC(Nc1ccc(C(=O)O)c([N+](=O)[O-])c1)C1CCOCC1. The average molecular weight is 294 g/mol. The lowest BCUT2D eigenvalue weighted by Crippen LogP contribution is -2.31. The van der Waals surface area contributed by atoms with Gasteiger partial charge in [0.05, 0.1) is 4.92 Å². The largest absolute Gasteiger partial charge is 0.477 e. The molecule has 1 saturated heterocycles. The Bertz CT molecular complexity index is 540. The molecule has 1 atom stereocenters. The number of hydrogen-bond acceptors (Lipinski definition) is 5. The zero-order chi connectivity index (χ0) is 15.4. The number of carbonyl (C=O) groups is 1. The number of carboxylic acid groups (broad SMARTS) is 1. The molecular weight excluding hydrogens is 276 g/mol. The smallest absolute Gasteiger partial charge is 0.342 e. The van der Waals surface area contributed by atoms with Crippen LogP contribution in [-0.2, 0) is 4.74 Å². The van der Waals surface area contributed by atoms with Gasteiger partial charge < -0.3 is 15.2 Å². The van der Waals surface area contributed by atoms with Crippen molar-refractivity contribution in [2.45, 2.75) is 25.8 Å². The van der Waals surface area contributed by atoms with Crippen LogP contribution in [-0.4, -0.2) is 35.3 Å². The van der Waals surface area contributed by atoms with E-state index in [1.54, 1.807) is 6.07 Å². The van der Waals surface area contributed by atoms with Gasteiger partial charge in [0.25, 0.3) is 5.69 Å². The molecule has 1 aliphatic heterocycles. The number of rotatable bonds is 5. The van der Waals surface area contributed by atoms with Gasteiger partial charge in [-0.05, 0) is 37.8 Å². The highest BCUT2D eigenvalue weighted by Gasteiger charge is 2.23. The molecule has 0 radical (unpaired) electrons. The number of ether oxygens (including phenoxy) is 1. The molecule has 0 aromatic heterocycles. The molecule has 1 aliphatic rings. The summed E-state index contributed by atoms with van der Waals surface area (Å²) in [5, 5.41) is 23.1. The monoisotopic (exact) mass is 294 g/mol. The Morgan fingerprint density at radius 1 is 1.48 bits per heavy atom. The van der Waals surface area contributed by atoms with Gasteiger partial charge in [-0.3, -0.25) is 10.1 Å². The Balaban J connectivity index is 2.14. The number of nitro benzene ring substituents is 1. The highest BCUT2D eigenvalue weighted by molar-refractivity contribution is 5.93. The molecule has 0 bridgehead atoms. The van der Waals surface area contributed by atoms with Crippen LogP contribution in [0.4, 0.5) is 11.4 Å². The normalized spacial score (nSPS) is 17.2. The topological polar surface area (TPSA) is 102 Å². The summed E-state index contributed by atoms with van der Waals surface area (Å²) in [6.07, 6.45) is 1.90. The van der Waals surface area contributed by atoms with E-state index in [0.717, 1.165) is 26.1 Å². The maximum absolute atomic E-state index is 11.0. The molecule has 7 heteroatoms. The molecule has 0 amide bonds. The molecular formula is C14H18N2O5. The summed E-state index contributed by atoms with van der Waals surface area (Å²) in [5.74, 6) is -0.859. The van der Waals surface area contributed by atoms with Gasteiger partial charge in [-0.1, -0.05) is 0 Å². The quantitative estimate of drug-likeness (QED) is 0.639. The minimum atomic E-state index is -1.30. The molecule has 1 unspecified atom stereocenters. The number of anilines is 1. The van der Waals surface area contributed by atoms with Crippen molar-refractivity contribution in [1.29, 1.82) is 0 Å². The molecule has 0 aliphatic carbocycles. The van der Waals surface area contributed by atoms with Crippen molar-refractivity contribution in [2.75, 3.05) is 18.5 Å². The van der Waals surface area contributed by atoms with Crippen LogP contribution in [0, 0.1) is 16.0 Å². The fraction of sp³-hybridized carbons (Fsp3) is 0.500. The van der Waals surface area contributed by atoms with E-state index in [-0.39, 0.29) is 11.6 Å². The minimum absolute atomic E-state index is 0.143. The van der Waals surface area contributed by atoms with E-state index in [0.29, 0.717) is 11.6 Å². The Morgan fingerprint density at radius 3 is 2.71 bits per heavy atom. The minimum Gasteiger partial charge on any atom is -0.477 e. The lowest BCUT2D eigenvalue weighted by molar-refractivity contribution is -0.385. The molecule has 114 valence electrons. The van der Waals surface area contributed by atoms with Gasteiger partial charge >= 0.3 is 5.97 Å². The summed E-state index contributed by atoms with van der Waals surface area (Å²) in [6, 6.07) is 4.25. The first-order valence-electron chi connectivity index (χ1n) is 6.85. The van der Waals surface area contributed by atoms with Gasteiger partial charge in [0.1, 0.15) is 5.56 Å². The molecule has 21 heavy (non-hydrogen) atoms. The third-order valence-electron chi connectivity index (χ3n) is 3.79. The van der Waals surface area contributed by atoms with Crippen molar-refractivity contribution in [3.8, 4) is 0 Å². The van der Waals surface area contributed by atoms with Crippen molar-refractivity contribution >= 4 is 17.3 Å². The van der Waals surface area contributed by atoms with Crippen molar-refractivity contribution in [1.82, 2.24) is 0 Å². The van der Waals surface area contributed by atoms with Crippen LogP contribution >= 0.6 is 0 Å². The van der Waals surface area contributed by atoms with Crippen molar-refractivity contribution < 1.29 is 19.6 Å². The Hall–Kier alpha value is -2.15. The van der Waals surface area contributed by atoms with Crippen LogP contribution in [0.5, 0.6) is 0 Å². The Kier molecular flexibility index (Phi) is 4.74. The fourth-order valence-electron chi connectivity index (χ4n) is 2.55. The van der Waals surface area contributed by atoms with Crippen molar-refractivity contribution in [3.05, 3.63) is 33.9 Å². The first-order chi connectivity index (χ1) is 9.99. The summed E-state index contributed by atoms with van der Waals surface area (Å²) in [5.41, 5.74) is -0.137. The standard InChI is InChI=1S/C14H18N2O5/c1-9(10-4-6-21-7-5-10)15-11-2-3-12(14(17)18)13(8-11)16(19)20/h2-3,8-10,15H,4-7H2,1H3,(H,17,18). The average Bonchev–Trinajstić information content (AvgIpc) is 2.47. The molecule has 7 nitrogen and oxygen atoms in total. The second-order valence-corrected chi connectivity index (χ2v) is 5.18. The summed E-state index contributed by atoms with van der Waals surface area (Å²) in [6.45, 7) is 3.48. The second kappa shape index (κ2) is 6.53. The van der Waals surface area contributed by atoms with Gasteiger partial charge in [-0.2, -0.15) is 0 Å². The highest BCUT2D eigenvalue weighted by Crippen LogP contribution is 2.26. The van der Waals surface area contributed by atoms with Crippen LogP contribution in [0.1, 0.15) is 30.1 Å². The molecule has 1 fully saturated rings. The predicted molar refractivity (Wildman–Crippen MR) is 76.7 cm³/mol. The Morgan fingerprint density at radius 2 is 2.14 bits per heavy atom. The molecule has 1 aromatic carbocycles. The number of hydrogen-bond donors (Lipinski definition) is 2. The van der Waals surface area contributed by atoms with E-state index >= 15 is 0 Å². The van der Waals surface area contributed by atoms with Crippen LogP contribution in [0.2, 0.25) is 0 Å². The van der Waals surface area contributed by atoms with Crippen LogP contribution in [0.15, 0.2) is 18.2 Å². The van der Waals surface area contributed by atoms with E-state index in [4.69, 9.17) is 9.84 Å². The molecule has 0 saturated carbocycles. The number of nitrogens with zero attached hydrogens (tertiary/aromatic N) is 1. The first-order valence-corrected chi connectivity index (χ1v) is 6.85. The van der Waals surface area contributed by atoms with E-state index in [1.807, 2.05) is 6.92 Å². The summed E-state index contributed by atoms with van der Waals surface area (Å²) >= 11 is 0. The van der Waals surface area contributed by atoms with Crippen molar-refractivity contribution in [2.24, 2.45) is 5.92 Å². The Labute approximate surface area is 122 Å². The highest BCUT2D eigenvalue weighted by atomic mass is 16.6.